The lowest BCUT2D eigenvalue weighted by molar-refractivity contribution is -0.117. The van der Waals surface area contributed by atoms with Crippen molar-refractivity contribution in [3.63, 3.8) is 0 Å². The van der Waals surface area contributed by atoms with Crippen LogP contribution in [0.5, 0.6) is 0 Å². The number of hydrogen-bond donors (Lipinski definition) is 1. The Morgan fingerprint density at radius 2 is 1.32 bits per heavy atom. The van der Waals surface area contributed by atoms with Gasteiger partial charge in [0.2, 0.25) is 0 Å². The topological polar surface area (TPSA) is 44.5 Å². The molecule has 0 radical (unpaired) electrons. The van der Waals surface area contributed by atoms with Gasteiger partial charge in [-0.3, -0.25) is 0 Å². The molecule has 0 saturated carbocycles. The summed E-state index contributed by atoms with van der Waals surface area (Å²) in [6.07, 6.45) is -0.428. The molecule has 0 aliphatic carbocycles. The fourth-order valence-electron chi connectivity index (χ4n) is 2.07. The van der Waals surface area contributed by atoms with Gasteiger partial charge in [0.05, 0.1) is 6.04 Å². The Balaban J connectivity index is 2.19. The first-order chi connectivity index (χ1) is 9.26. The first kappa shape index (κ1) is 13.7. The minimum absolute atomic E-state index is 0.292. The summed E-state index contributed by atoms with van der Waals surface area (Å²) >= 11 is 0. The SMILES string of the molecule is COC(OC)C(N)c1ccc(-c2ccccc2)cc1. The molecule has 0 saturated heterocycles. The Morgan fingerprint density at radius 1 is 0.789 bits per heavy atom. The average molecular weight is 257 g/mol. The third kappa shape index (κ3) is 3.20. The van der Waals surface area contributed by atoms with E-state index in [1.54, 1.807) is 14.2 Å². The zero-order valence-electron chi connectivity index (χ0n) is 11.2. The maximum Gasteiger partial charge on any atom is 0.175 e. The van der Waals surface area contributed by atoms with E-state index in [4.69, 9.17) is 15.2 Å². The molecule has 0 amide bonds. The van der Waals surface area contributed by atoms with Crippen molar-refractivity contribution in [1.82, 2.24) is 0 Å². The number of methoxy groups -OCH3 is 2. The zero-order chi connectivity index (χ0) is 13.7. The van der Waals surface area contributed by atoms with E-state index in [-0.39, 0.29) is 6.04 Å². The van der Waals surface area contributed by atoms with Gasteiger partial charge in [-0.15, -0.1) is 0 Å². The second-order valence-electron chi connectivity index (χ2n) is 4.35. The smallest absolute Gasteiger partial charge is 0.175 e. The van der Waals surface area contributed by atoms with Gasteiger partial charge in [0.15, 0.2) is 6.29 Å². The summed E-state index contributed by atoms with van der Waals surface area (Å²) in [6.45, 7) is 0. The average Bonchev–Trinajstić information content (AvgIpc) is 2.49. The second kappa shape index (κ2) is 6.48. The number of nitrogens with two attached hydrogens (primary N) is 1. The molecule has 0 heterocycles. The molecule has 2 rings (SSSR count). The fourth-order valence-corrected chi connectivity index (χ4v) is 2.07. The van der Waals surface area contributed by atoms with Crippen LogP contribution < -0.4 is 5.73 Å². The van der Waals surface area contributed by atoms with E-state index < -0.39 is 6.29 Å². The molecule has 19 heavy (non-hydrogen) atoms. The molecular weight excluding hydrogens is 238 g/mol. The predicted molar refractivity (Wildman–Crippen MR) is 76.6 cm³/mol. The minimum atomic E-state index is -0.428. The Hall–Kier alpha value is -1.68. The molecule has 0 aliphatic heterocycles. The minimum Gasteiger partial charge on any atom is -0.354 e. The van der Waals surface area contributed by atoms with E-state index in [1.807, 2.05) is 30.3 Å². The van der Waals surface area contributed by atoms with Gasteiger partial charge in [-0.05, 0) is 16.7 Å². The van der Waals surface area contributed by atoms with Crippen molar-refractivity contribution in [2.75, 3.05) is 14.2 Å². The zero-order valence-corrected chi connectivity index (χ0v) is 11.2. The van der Waals surface area contributed by atoms with Crippen molar-refractivity contribution >= 4 is 0 Å². The van der Waals surface area contributed by atoms with Crippen molar-refractivity contribution < 1.29 is 9.47 Å². The lowest BCUT2D eigenvalue weighted by atomic mass is 10.0. The first-order valence-electron chi connectivity index (χ1n) is 6.23. The molecule has 3 nitrogen and oxygen atoms in total. The third-order valence-corrected chi connectivity index (χ3v) is 3.16. The molecule has 2 aromatic rings. The van der Waals surface area contributed by atoms with Crippen LogP contribution in [0.15, 0.2) is 54.6 Å². The number of ether oxygens (including phenoxy) is 2. The quantitative estimate of drug-likeness (QED) is 0.837. The molecule has 2 N–H and O–H groups in total. The van der Waals surface area contributed by atoms with Gasteiger partial charge in [0.25, 0.3) is 0 Å². The van der Waals surface area contributed by atoms with Crippen LogP contribution >= 0.6 is 0 Å². The third-order valence-electron chi connectivity index (χ3n) is 3.16. The van der Waals surface area contributed by atoms with Gasteiger partial charge in [0, 0.05) is 14.2 Å². The molecular formula is C16H19NO2. The number of benzene rings is 2. The van der Waals surface area contributed by atoms with E-state index in [1.165, 1.54) is 11.1 Å². The van der Waals surface area contributed by atoms with Crippen molar-refractivity contribution in [3.05, 3.63) is 60.2 Å². The van der Waals surface area contributed by atoms with E-state index in [0.29, 0.717) is 0 Å². The maximum atomic E-state index is 6.10. The summed E-state index contributed by atoms with van der Waals surface area (Å²) < 4.78 is 10.4. The Labute approximate surface area is 114 Å². The first-order valence-corrected chi connectivity index (χ1v) is 6.23. The molecule has 0 aromatic heterocycles. The van der Waals surface area contributed by atoms with Crippen LogP contribution in [0.3, 0.4) is 0 Å². The summed E-state index contributed by atoms with van der Waals surface area (Å²) in [5.74, 6) is 0. The highest BCUT2D eigenvalue weighted by molar-refractivity contribution is 5.63. The van der Waals surface area contributed by atoms with Gasteiger partial charge in [0.1, 0.15) is 0 Å². The molecule has 1 unspecified atom stereocenters. The van der Waals surface area contributed by atoms with Gasteiger partial charge in [-0.25, -0.2) is 0 Å². The van der Waals surface area contributed by atoms with E-state index in [2.05, 4.69) is 24.3 Å². The summed E-state index contributed by atoms with van der Waals surface area (Å²) in [5, 5.41) is 0. The van der Waals surface area contributed by atoms with Crippen LogP contribution in [0, 0.1) is 0 Å². The largest absolute Gasteiger partial charge is 0.354 e. The summed E-state index contributed by atoms with van der Waals surface area (Å²) in [5.41, 5.74) is 9.45. The van der Waals surface area contributed by atoms with Gasteiger partial charge in [-0.1, -0.05) is 54.6 Å². The van der Waals surface area contributed by atoms with Crippen molar-refractivity contribution in [1.29, 1.82) is 0 Å². The molecule has 0 fully saturated rings. The molecule has 100 valence electrons. The highest BCUT2D eigenvalue weighted by Crippen LogP contribution is 2.23. The van der Waals surface area contributed by atoms with E-state index in [0.717, 1.165) is 5.56 Å². The van der Waals surface area contributed by atoms with Gasteiger partial charge < -0.3 is 15.2 Å². The standard InChI is InChI=1S/C16H19NO2/c1-18-16(19-2)15(17)14-10-8-13(9-11-14)12-6-4-3-5-7-12/h3-11,15-16H,17H2,1-2H3. The van der Waals surface area contributed by atoms with E-state index in [9.17, 15) is 0 Å². The second-order valence-corrected chi connectivity index (χ2v) is 4.35. The Morgan fingerprint density at radius 3 is 1.84 bits per heavy atom. The maximum absolute atomic E-state index is 6.10. The Kier molecular flexibility index (Phi) is 4.68. The van der Waals surface area contributed by atoms with Crippen molar-refractivity contribution in [3.8, 4) is 11.1 Å². The lowest BCUT2D eigenvalue weighted by Gasteiger charge is -2.21. The summed E-state index contributed by atoms with van der Waals surface area (Å²) in [7, 11) is 3.18. The van der Waals surface area contributed by atoms with E-state index >= 15 is 0 Å². The highest BCUT2D eigenvalue weighted by Gasteiger charge is 2.18. The van der Waals surface area contributed by atoms with Gasteiger partial charge >= 0.3 is 0 Å². The summed E-state index contributed by atoms with van der Waals surface area (Å²) in [6, 6.07) is 18.1. The monoisotopic (exact) mass is 257 g/mol. The van der Waals surface area contributed by atoms with Crippen LogP contribution in [0.4, 0.5) is 0 Å². The predicted octanol–water partition coefficient (Wildman–Crippen LogP) is 2.97. The number of rotatable bonds is 5. The van der Waals surface area contributed by atoms with Crippen LogP contribution in [-0.4, -0.2) is 20.5 Å². The normalized spacial score (nSPS) is 12.6. The molecule has 0 bridgehead atoms. The Bertz CT molecular complexity index is 492. The van der Waals surface area contributed by atoms with Crippen molar-refractivity contribution in [2.24, 2.45) is 5.73 Å². The van der Waals surface area contributed by atoms with Gasteiger partial charge in [-0.2, -0.15) is 0 Å². The van der Waals surface area contributed by atoms with Crippen LogP contribution in [-0.2, 0) is 9.47 Å². The van der Waals surface area contributed by atoms with Crippen LogP contribution in [0.2, 0.25) is 0 Å². The molecule has 1 atom stereocenters. The number of hydrogen-bond acceptors (Lipinski definition) is 3. The molecule has 3 heteroatoms. The van der Waals surface area contributed by atoms with Crippen LogP contribution in [0.25, 0.3) is 11.1 Å². The molecule has 0 spiro atoms. The lowest BCUT2D eigenvalue weighted by Crippen LogP contribution is -2.29. The van der Waals surface area contributed by atoms with Crippen molar-refractivity contribution in [2.45, 2.75) is 12.3 Å². The molecule has 0 aliphatic rings. The van der Waals surface area contributed by atoms with Crippen LogP contribution in [0.1, 0.15) is 11.6 Å². The highest BCUT2D eigenvalue weighted by atomic mass is 16.7. The summed E-state index contributed by atoms with van der Waals surface area (Å²) in [4.78, 5) is 0. The molecule has 2 aromatic carbocycles. The fraction of sp³-hybridized carbons (Fsp3) is 0.250.